The molecule has 37 heavy (non-hydrogen) atoms. The van der Waals surface area contributed by atoms with Crippen molar-refractivity contribution in [3.63, 3.8) is 0 Å². The lowest BCUT2D eigenvalue weighted by Crippen LogP contribution is -2.90. The molecule has 200 valence electrons. The number of nitrogens with one attached hydrogen (secondary N) is 1. The zero-order valence-electron chi connectivity index (χ0n) is 23.1. The molecular weight excluding hydrogens is 466 g/mol. The van der Waals surface area contributed by atoms with Crippen LogP contribution in [0, 0.1) is 12.8 Å². The molecule has 2 atom stereocenters. The number of carbonyl (C=O) groups excluding carboxylic acids is 1. The summed E-state index contributed by atoms with van der Waals surface area (Å²) < 4.78 is 11.5. The number of benzene rings is 1. The van der Waals surface area contributed by atoms with E-state index in [2.05, 4.69) is 77.9 Å². The molecule has 0 aliphatic carbocycles. The highest BCUT2D eigenvalue weighted by Gasteiger charge is 2.31. The van der Waals surface area contributed by atoms with Gasteiger partial charge >= 0.3 is 5.97 Å². The van der Waals surface area contributed by atoms with Gasteiger partial charge in [-0.25, -0.2) is 5.43 Å². The summed E-state index contributed by atoms with van der Waals surface area (Å²) in [5.74, 6) is 0.571. The second-order valence-corrected chi connectivity index (χ2v) is 10.9. The maximum Gasteiger partial charge on any atom is 0.308 e. The molecule has 8 nitrogen and oxygen atoms in total. The topological polar surface area (TPSA) is 83.5 Å². The molecule has 1 aromatic heterocycles. The lowest BCUT2D eigenvalue weighted by Gasteiger charge is -2.30. The molecule has 0 spiro atoms. The predicted molar refractivity (Wildman–Crippen MR) is 143 cm³/mol. The molecule has 2 aliphatic rings. The fourth-order valence-electron chi connectivity index (χ4n) is 5.38. The monoisotopic (exact) mass is 508 g/mol. The molecule has 0 fully saturated rings. The Bertz CT molecular complexity index is 1130. The highest BCUT2D eigenvalue weighted by molar-refractivity contribution is 5.73. The summed E-state index contributed by atoms with van der Waals surface area (Å²) in [4.78, 5) is 19.4. The van der Waals surface area contributed by atoms with Gasteiger partial charge in [0, 0.05) is 50.6 Å². The smallest absolute Gasteiger partial charge is 0.308 e. The largest absolute Gasteiger partial charge is 0.486 e. The van der Waals surface area contributed by atoms with Gasteiger partial charge in [-0.3, -0.25) is 19.7 Å². The number of pyridine rings is 1. The lowest BCUT2D eigenvalue weighted by atomic mass is 9.82. The molecule has 0 amide bonds. The summed E-state index contributed by atoms with van der Waals surface area (Å²) in [6.45, 7) is 13.8. The van der Waals surface area contributed by atoms with Crippen molar-refractivity contribution in [2.24, 2.45) is 5.92 Å². The van der Waals surface area contributed by atoms with Crippen LogP contribution in [-0.2, 0) is 22.6 Å². The van der Waals surface area contributed by atoms with E-state index in [-0.39, 0.29) is 23.4 Å². The predicted octanol–water partition coefficient (Wildman–Crippen LogP) is 3.40. The van der Waals surface area contributed by atoms with Crippen LogP contribution in [0.5, 0.6) is 5.75 Å². The highest BCUT2D eigenvalue weighted by Crippen LogP contribution is 2.34. The van der Waals surface area contributed by atoms with E-state index < -0.39 is 0 Å². The number of ether oxygens (including phenoxy) is 2. The first-order valence-electron chi connectivity index (χ1n) is 13.3. The molecule has 0 bridgehead atoms. The van der Waals surface area contributed by atoms with Gasteiger partial charge in [0.25, 0.3) is 0 Å². The van der Waals surface area contributed by atoms with Crippen LogP contribution in [0.4, 0.5) is 0 Å². The Morgan fingerprint density at radius 2 is 2.14 bits per heavy atom. The van der Waals surface area contributed by atoms with Gasteiger partial charge in [0.15, 0.2) is 0 Å². The van der Waals surface area contributed by atoms with Gasteiger partial charge in [-0.05, 0) is 62.8 Å². The number of quaternary nitrogens is 1. The quantitative estimate of drug-likeness (QED) is 0.397. The van der Waals surface area contributed by atoms with Crippen LogP contribution in [0.1, 0.15) is 68.7 Å². The van der Waals surface area contributed by atoms with Gasteiger partial charge < -0.3 is 9.47 Å². The van der Waals surface area contributed by atoms with Crippen LogP contribution in [0.15, 0.2) is 48.6 Å². The van der Waals surface area contributed by atoms with Crippen molar-refractivity contribution < 1.29 is 19.7 Å². The first-order chi connectivity index (χ1) is 17.7. The van der Waals surface area contributed by atoms with Crippen molar-refractivity contribution >= 4 is 5.97 Å². The number of carbonyl (C=O) groups is 1. The second kappa shape index (κ2) is 11.6. The maximum atomic E-state index is 12.6. The average molecular weight is 509 g/mol. The number of rotatable bonds is 9. The van der Waals surface area contributed by atoms with E-state index in [1.165, 1.54) is 29.5 Å². The van der Waals surface area contributed by atoms with Crippen molar-refractivity contribution in [2.45, 2.75) is 72.1 Å². The number of esters is 1. The Labute approximate surface area is 221 Å². The molecule has 0 radical (unpaired) electrons. The number of hydrogen-bond donors (Lipinski definition) is 2. The molecule has 1 aromatic carbocycles. The van der Waals surface area contributed by atoms with E-state index in [1.54, 1.807) is 6.20 Å². The van der Waals surface area contributed by atoms with Crippen molar-refractivity contribution in [2.75, 3.05) is 20.2 Å². The van der Waals surface area contributed by atoms with Crippen LogP contribution >= 0.6 is 0 Å². The van der Waals surface area contributed by atoms with Gasteiger partial charge in [0.05, 0.1) is 19.2 Å². The molecule has 2 unspecified atom stereocenters. The summed E-state index contributed by atoms with van der Waals surface area (Å²) in [5.41, 5.74) is 11.1. The molecule has 0 saturated carbocycles. The van der Waals surface area contributed by atoms with E-state index >= 15 is 0 Å². The third-order valence-corrected chi connectivity index (χ3v) is 7.44. The average Bonchev–Trinajstić information content (AvgIpc) is 3.28. The summed E-state index contributed by atoms with van der Waals surface area (Å²) in [7, 11) is 1.47. The SMILES string of the molecule is CCN1C=C(CCC(c2ccc(C)c(CN3Cc4cnccc4OC(C)(C)C3)c2)C(C)C(=O)OC)[NH2+]N1. The summed E-state index contributed by atoms with van der Waals surface area (Å²) in [6.07, 6.45) is 7.60. The van der Waals surface area contributed by atoms with Crippen LogP contribution in [0.2, 0.25) is 0 Å². The van der Waals surface area contributed by atoms with Crippen molar-refractivity contribution in [1.82, 2.24) is 20.4 Å². The molecule has 0 saturated heterocycles. The number of fused-ring (bicyclic) bond motifs is 1. The molecule has 2 aromatic rings. The summed E-state index contributed by atoms with van der Waals surface area (Å²) in [5, 5.41) is 2.07. The summed E-state index contributed by atoms with van der Waals surface area (Å²) in [6, 6.07) is 8.63. The lowest BCUT2D eigenvalue weighted by molar-refractivity contribution is -0.678. The minimum Gasteiger partial charge on any atom is -0.486 e. The van der Waals surface area contributed by atoms with E-state index in [9.17, 15) is 4.79 Å². The molecule has 3 heterocycles. The molecule has 4 rings (SSSR count). The Morgan fingerprint density at radius 1 is 1.32 bits per heavy atom. The normalized spacial score (nSPS) is 18.9. The van der Waals surface area contributed by atoms with E-state index in [0.717, 1.165) is 50.3 Å². The van der Waals surface area contributed by atoms with Crippen LogP contribution in [0.3, 0.4) is 0 Å². The number of methoxy groups -OCH3 is 1. The molecular formula is C29H42N5O3+. The molecule has 2 aliphatic heterocycles. The van der Waals surface area contributed by atoms with Crippen molar-refractivity contribution in [3.05, 3.63) is 70.8 Å². The third kappa shape index (κ3) is 6.69. The second-order valence-electron chi connectivity index (χ2n) is 10.9. The number of hydrazine groups is 1. The standard InChI is InChI=1S/C29H41N5O3/c1-7-34-18-25(31-32-34)10-11-26(21(3)28(35)36-6)22-9-8-20(2)23(14-22)16-33-17-24-15-30-13-12-27(24)37-29(4,5)19-33/h8-9,12-15,18,21,26,31-32H,7,10-11,16-17,19H2,1-6H3/p+1. The number of aromatic nitrogens is 1. The fourth-order valence-corrected chi connectivity index (χ4v) is 5.38. The molecule has 3 N–H and O–H groups in total. The number of nitrogens with zero attached hydrogens (tertiary/aromatic N) is 3. The van der Waals surface area contributed by atoms with Crippen LogP contribution in [0.25, 0.3) is 0 Å². The van der Waals surface area contributed by atoms with Gasteiger partial charge in [0.2, 0.25) is 0 Å². The number of allylic oxidation sites excluding steroid dienone is 1. The van der Waals surface area contributed by atoms with Gasteiger partial charge in [0.1, 0.15) is 17.0 Å². The van der Waals surface area contributed by atoms with Gasteiger partial charge in [-0.15, -0.1) is 0 Å². The fraction of sp³-hybridized carbons (Fsp3) is 0.517. The number of hydrogen-bond acceptors (Lipinski definition) is 7. The van der Waals surface area contributed by atoms with Gasteiger partial charge in [-0.1, -0.05) is 30.7 Å². The van der Waals surface area contributed by atoms with Crippen molar-refractivity contribution in [1.29, 1.82) is 0 Å². The third-order valence-electron chi connectivity index (χ3n) is 7.44. The Hall–Kier alpha value is -2.94. The van der Waals surface area contributed by atoms with Crippen molar-refractivity contribution in [3.8, 4) is 5.75 Å². The minimum absolute atomic E-state index is 0.0608. The summed E-state index contributed by atoms with van der Waals surface area (Å²) >= 11 is 0. The number of aryl methyl sites for hydroxylation is 1. The van der Waals surface area contributed by atoms with Crippen LogP contribution in [-0.4, -0.2) is 46.7 Å². The molecule has 8 heteroatoms. The Morgan fingerprint density at radius 3 is 2.86 bits per heavy atom. The zero-order valence-corrected chi connectivity index (χ0v) is 23.1. The maximum absolute atomic E-state index is 12.6. The van der Waals surface area contributed by atoms with Crippen LogP contribution < -0.4 is 15.7 Å². The van der Waals surface area contributed by atoms with Gasteiger partial charge in [-0.2, -0.15) is 0 Å². The zero-order chi connectivity index (χ0) is 26.6. The first kappa shape index (κ1) is 27.1. The highest BCUT2D eigenvalue weighted by atomic mass is 16.5. The Balaban J connectivity index is 1.57. The van der Waals surface area contributed by atoms with E-state index in [1.807, 2.05) is 19.2 Å². The number of nitrogens with two attached hydrogens (primary N) is 1. The Kier molecular flexibility index (Phi) is 8.52. The first-order valence-corrected chi connectivity index (χ1v) is 13.3. The van der Waals surface area contributed by atoms with E-state index in [4.69, 9.17) is 9.47 Å². The van der Waals surface area contributed by atoms with E-state index in [0.29, 0.717) is 0 Å². The minimum atomic E-state index is -0.314.